The Labute approximate surface area is 100 Å². The van der Waals surface area contributed by atoms with Gasteiger partial charge in [0.2, 0.25) is 0 Å². The van der Waals surface area contributed by atoms with Crippen LogP contribution in [0.2, 0.25) is 0 Å². The van der Waals surface area contributed by atoms with E-state index in [4.69, 9.17) is 5.26 Å². The SMILES string of the molecule is CN1CCN(Nc2cc(F)cc(C#N)c2)CC1. The number of rotatable bonds is 2. The molecule has 1 aromatic rings. The van der Waals surface area contributed by atoms with Crippen LogP contribution in [0.1, 0.15) is 5.56 Å². The smallest absolute Gasteiger partial charge is 0.126 e. The molecule has 0 bridgehead atoms. The molecule has 0 aliphatic carbocycles. The second kappa shape index (κ2) is 5.13. The van der Waals surface area contributed by atoms with Crippen LogP contribution >= 0.6 is 0 Å². The van der Waals surface area contributed by atoms with Gasteiger partial charge in [0.15, 0.2) is 0 Å². The summed E-state index contributed by atoms with van der Waals surface area (Å²) in [5.74, 6) is -0.388. The summed E-state index contributed by atoms with van der Waals surface area (Å²) in [6.07, 6.45) is 0. The van der Waals surface area contributed by atoms with Gasteiger partial charge in [-0.1, -0.05) is 0 Å². The Bertz CT molecular complexity index is 433. The van der Waals surface area contributed by atoms with Gasteiger partial charge in [-0.05, 0) is 25.2 Å². The molecule has 2 rings (SSSR count). The molecule has 0 amide bonds. The molecule has 0 aromatic heterocycles. The Kier molecular flexibility index (Phi) is 3.57. The first kappa shape index (κ1) is 11.8. The van der Waals surface area contributed by atoms with Gasteiger partial charge in [0.1, 0.15) is 5.82 Å². The zero-order valence-electron chi connectivity index (χ0n) is 9.78. The topological polar surface area (TPSA) is 42.3 Å². The van der Waals surface area contributed by atoms with Gasteiger partial charge in [0.05, 0.1) is 17.3 Å². The fourth-order valence-corrected chi connectivity index (χ4v) is 1.82. The van der Waals surface area contributed by atoms with E-state index in [1.165, 1.54) is 12.1 Å². The molecule has 4 nitrogen and oxygen atoms in total. The summed E-state index contributed by atoms with van der Waals surface area (Å²) < 4.78 is 13.2. The van der Waals surface area contributed by atoms with Crippen LogP contribution in [-0.2, 0) is 0 Å². The van der Waals surface area contributed by atoms with E-state index in [0.29, 0.717) is 11.3 Å². The molecule has 5 heteroatoms. The molecule has 0 spiro atoms. The third kappa shape index (κ3) is 3.16. The lowest BCUT2D eigenvalue weighted by atomic mass is 10.2. The second-order valence-electron chi connectivity index (χ2n) is 4.24. The van der Waals surface area contributed by atoms with Gasteiger partial charge >= 0.3 is 0 Å². The van der Waals surface area contributed by atoms with Crippen LogP contribution in [-0.4, -0.2) is 43.1 Å². The molecule has 0 atom stereocenters. The number of nitriles is 1. The molecule has 1 aliphatic heterocycles. The quantitative estimate of drug-likeness (QED) is 0.837. The first-order chi connectivity index (χ1) is 8.17. The zero-order valence-corrected chi connectivity index (χ0v) is 9.78. The van der Waals surface area contributed by atoms with E-state index in [2.05, 4.69) is 17.4 Å². The van der Waals surface area contributed by atoms with Crippen molar-refractivity contribution < 1.29 is 4.39 Å². The number of likely N-dealkylation sites (N-methyl/N-ethyl adjacent to an activating group) is 1. The maximum atomic E-state index is 13.2. The summed E-state index contributed by atoms with van der Waals surface area (Å²) >= 11 is 0. The van der Waals surface area contributed by atoms with Crippen molar-refractivity contribution in [2.45, 2.75) is 0 Å². The van der Waals surface area contributed by atoms with Crippen LogP contribution in [0.4, 0.5) is 10.1 Å². The van der Waals surface area contributed by atoms with E-state index in [9.17, 15) is 4.39 Å². The Balaban J connectivity index is 2.03. The highest BCUT2D eigenvalue weighted by Crippen LogP contribution is 2.14. The van der Waals surface area contributed by atoms with Gasteiger partial charge in [-0.3, -0.25) is 0 Å². The van der Waals surface area contributed by atoms with E-state index >= 15 is 0 Å². The van der Waals surface area contributed by atoms with Crippen LogP contribution < -0.4 is 5.43 Å². The molecule has 1 aromatic carbocycles. The Morgan fingerprint density at radius 1 is 1.24 bits per heavy atom. The minimum absolute atomic E-state index is 0.335. The van der Waals surface area contributed by atoms with E-state index in [0.717, 1.165) is 26.2 Å². The van der Waals surface area contributed by atoms with Gasteiger partial charge in [-0.15, -0.1) is 0 Å². The monoisotopic (exact) mass is 234 g/mol. The highest BCUT2D eigenvalue weighted by atomic mass is 19.1. The van der Waals surface area contributed by atoms with Gasteiger partial charge in [-0.25, -0.2) is 9.40 Å². The molecular formula is C12H15FN4. The second-order valence-corrected chi connectivity index (χ2v) is 4.24. The minimum Gasteiger partial charge on any atom is -0.319 e. The van der Waals surface area contributed by atoms with Crippen molar-refractivity contribution in [3.05, 3.63) is 29.6 Å². The van der Waals surface area contributed by atoms with Crippen LogP contribution in [0.3, 0.4) is 0 Å². The molecule has 1 aliphatic rings. The summed E-state index contributed by atoms with van der Waals surface area (Å²) in [7, 11) is 2.08. The highest BCUT2D eigenvalue weighted by molar-refractivity contribution is 5.49. The van der Waals surface area contributed by atoms with Crippen molar-refractivity contribution in [3.63, 3.8) is 0 Å². The van der Waals surface area contributed by atoms with E-state index in [-0.39, 0.29) is 5.82 Å². The molecule has 1 N–H and O–H groups in total. The first-order valence-electron chi connectivity index (χ1n) is 5.58. The summed E-state index contributed by atoms with van der Waals surface area (Å²) in [6, 6.07) is 6.23. The van der Waals surface area contributed by atoms with Crippen LogP contribution in [0.5, 0.6) is 0 Å². The summed E-state index contributed by atoms with van der Waals surface area (Å²) in [5.41, 5.74) is 4.10. The van der Waals surface area contributed by atoms with Gasteiger partial charge in [-0.2, -0.15) is 5.26 Å². The normalized spacial score (nSPS) is 17.7. The summed E-state index contributed by atoms with van der Waals surface area (Å²) in [6.45, 7) is 3.73. The summed E-state index contributed by atoms with van der Waals surface area (Å²) in [4.78, 5) is 2.24. The van der Waals surface area contributed by atoms with Crippen LogP contribution in [0.15, 0.2) is 18.2 Å². The number of halogens is 1. The van der Waals surface area contributed by atoms with Gasteiger partial charge in [0.25, 0.3) is 0 Å². The lowest BCUT2D eigenvalue weighted by Crippen LogP contribution is -2.46. The fraction of sp³-hybridized carbons (Fsp3) is 0.417. The predicted molar refractivity (Wildman–Crippen MR) is 63.8 cm³/mol. The average Bonchev–Trinajstić information content (AvgIpc) is 2.31. The fourth-order valence-electron chi connectivity index (χ4n) is 1.82. The van der Waals surface area contributed by atoms with Crippen LogP contribution in [0, 0.1) is 17.1 Å². The molecule has 1 heterocycles. The largest absolute Gasteiger partial charge is 0.319 e. The van der Waals surface area contributed by atoms with Gasteiger partial charge in [0, 0.05) is 26.2 Å². The molecule has 1 fully saturated rings. The van der Waals surface area contributed by atoms with Crippen molar-refractivity contribution in [2.75, 3.05) is 38.7 Å². The van der Waals surface area contributed by atoms with Crippen molar-refractivity contribution >= 4 is 5.69 Å². The maximum Gasteiger partial charge on any atom is 0.126 e. The Morgan fingerprint density at radius 3 is 2.59 bits per heavy atom. The van der Waals surface area contributed by atoms with Crippen molar-refractivity contribution in [1.82, 2.24) is 9.91 Å². The highest BCUT2D eigenvalue weighted by Gasteiger charge is 2.13. The number of nitrogens with zero attached hydrogens (tertiary/aromatic N) is 3. The molecule has 0 saturated carbocycles. The number of nitrogens with one attached hydrogen (secondary N) is 1. The number of anilines is 1. The number of piperazine rings is 1. The zero-order chi connectivity index (χ0) is 12.3. The first-order valence-corrected chi connectivity index (χ1v) is 5.58. The number of hydrazine groups is 1. The minimum atomic E-state index is -0.388. The molecule has 0 radical (unpaired) electrons. The van der Waals surface area contributed by atoms with E-state index in [1.54, 1.807) is 6.07 Å². The van der Waals surface area contributed by atoms with E-state index < -0.39 is 0 Å². The van der Waals surface area contributed by atoms with E-state index in [1.807, 2.05) is 11.1 Å². The maximum absolute atomic E-state index is 13.2. The van der Waals surface area contributed by atoms with Crippen molar-refractivity contribution in [2.24, 2.45) is 0 Å². The number of hydrogen-bond donors (Lipinski definition) is 1. The lowest BCUT2D eigenvalue weighted by molar-refractivity contribution is 0.179. The Hall–Kier alpha value is -1.64. The van der Waals surface area contributed by atoms with Crippen LogP contribution in [0.25, 0.3) is 0 Å². The predicted octanol–water partition coefficient (Wildman–Crippen LogP) is 1.27. The Morgan fingerprint density at radius 2 is 1.94 bits per heavy atom. The molecule has 90 valence electrons. The third-order valence-corrected chi connectivity index (χ3v) is 2.82. The molecule has 0 unspecified atom stereocenters. The average molecular weight is 234 g/mol. The molecule has 1 saturated heterocycles. The standard InChI is InChI=1S/C12H15FN4/c1-16-2-4-17(5-3-16)15-12-7-10(9-14)6-11(13)8-12/h6-8,15H,2-5H2,1H3. The van der Waals surface area contributed by atoms with Crippen molar-refractivity contribution in [1.29, 1.82) is 5.26 Å². The third-order valence-electron chi connectivity index (χ3n) is 2.82. The lowest BCUT2D eigenvalue weighted by Gasteiger charge is -2.33. The number of benzene rings is 1. The summed E-state index contributed by atoms with van der Waals surface area (Å²) in [5, 5.41) is 10.8. The number of hydrogen-bond acceptors (Lipinski definition) is 4. The van der Waals surface area contributed by atoms with Crippen molar-refractivity contribution in [3.8, 4) is 6.07 Å². The molecule has 17 heavy (non-hydrogen) atoms. The molecular weight excluding hydrogens is 219 g/mol. The van der Waals surface area contributed by atoms with Gasteiger partial charge < -0.3 is 10.3 Å².